The standard InChI is InChI=1S/C8H14O2S2/c9-8(10)5-1-3-7-4-2-6-11-12-7/h7H,1-6H2,(H,9,10). The summed E-state index contributed by atoms with van der Waals surface area (Å²) in [6.07, 6.45) is 4.83. The van der Waals surface area contributed by atoms with Crippen molar-refractivity contribution in [2.45, 2.75) is 37.4 Å². The van der Waals surface area contributed by atoms with E-state index in [0.29, 0.717) is 11.7 Å². The van der Waals surface area contributed by atoms with E-state index in [1.165, 1.54) is 18.6 Å². The van der Waals surface area contributed by atoms with Crippen molar-refractivity contribution in [2.24, 2.45) is 0 Å². The number of carboxylic acid groups (broad SMARTS) is 1. The van der Waals surface area contributed by atoms with Crippen LogP contribution in [0.1, 0.15) is 32.1 Å². The van der Waals surface area contributed by atoms with E-state index in [1.54, 1.807) is 0 Å². The van der Waals surface area contributed by atoms with Gasteiger partial charge in [0, 0.05) is 17.4 Å². The maximum absolute atomic E-state index is 10.2. The summed E-state index contributed by atoms with van der Waals surface area (Å²) < 4.78 is 0. The summed E-state index contributed by atoms with van der Waals surface area (Å²) in [6, 6.07) is 0. The second-order valence-corrected chi connectivity index (χ2v) is 5.76. The van der Waals surface area contributed by atoms with Gasteiger partial charge in [0.05, 0.1) is 0 Å². The Kier molecular flexibility index (Phi) is 4.92. The predicted molar refractivity (Wildman–Crippen MR) is 54.6 cm³/mol. The van der Waals surface area contributed by atoms with Crippen molar-refractivity contribution in [3.8, 4) is 0 Å². The van der Waals surface area contributed by atoms with Crippen LogP contribution in [0.3, 0.4) is 0 Å². The van der Waals surface area contributed by atoms with Gasteiger partial charge in [-0.25, -0.2) is 0 Å². The lowest BCUT2D eigenvalue weighted by Crippen LogP contribution is -2.07. The van der Waals surface area contributed by atoms with Crippen LogP contribution >= 0.6 is 21.6 Å². The Morgan fingerprint density at radius 2 is 2.42 bits per heavy atom. The van der Waals surface area contributed by atoms with Crippen LogP contribution in [0, 0.1) is 0 Å². The summed E-state index contributed by atoms with van der Waals surface area (Å²) in [4.78, 5) is 10.2. The minimum absolute atomic E-state index is 0.335. The first-order valence-corrected chi connectivity index (χ1v) is 6.67. The minimum Gasteiger partial charge on any atom is -0.481 e. The Labute approximate surface area is 80.9 Å². The molecule has 0 bridgehead atoms. The Balaban J connectivity index is 2.01. The number of hydrogen-bond acceptors (Lipinski definition) is 3. The summed E-state index contributed by atoms with van der Waals surface area (Å²) in [5, 5.41) is 9.14. The Morgan fingerprint density at radius 1 is 1.58 bits per heavy atom. The summed E-state index contributed by atoms with van der Waals surface area (Å²) in [7, 11) is 3.87. The van der Waals surface area contributed by atoms with Crippen LogP contribution in [0.15, 0.2) is 0 Å². The lowest BCUT2D eigenvalue weighted by molar-refractivity contribution is -0.137. The highest BCUT2D eigenvalue weighted by atomic mass is 33.1. The van der Waals surface area contributed by atoms with Gasteiger partial charge in [-0.3, -0.25) is 4.79 Å². The smallest absolute Gasteiger partial charge is 0.303 e. The van der Waals surface area contributed by atoms with Crippen LogP contribution in [0.5, 0.6) is 0 Å². The molecular weight excluding hydrogens is 192 g/mol. The zero-order valence-electron chi connectivity index (χ0n) is 6.99. The van der Waals surface area contributed by atoms with Gasteiger partial charge in [-0.2, -0.15) is 0 Å². The highest BCUT2D eigenvalue weighted by Crippen LogP contribution is 2.37. The number of aliphatic carboxylic acids is 1. The van der Waals surface area contributed by atoms with Crippen molar-refractivity contribution in [1.82, 2.24) is 0 Å². The molecular formula is C8H14O2S2. The van der Waals surface area contributed by atoms with Gasteiger partial charge < -0.3 is 5.11 Å². The van der Waals surface area contributed by atoms with Crippen LogP contribution in [0.25, 0.3) is 0 Å². The van der Waals surface area contributed by atoms with Gasteiger partial charge in [-0.15, -0.1) is 0 Å². The third kappa shape index (κ3) is 4.26. The molecule has 0 amide bonds. The largest absolute Gasteiger partial charge is 0.481 e. The lowest BCUT2D eigenvalue weighted by atomic mass is 10.1. The lowest BCUT2D eigenvalue weighted by Gasteiger charge is -2.19. The maximum atomic E-state index is 10.2. The number of carboxylic acids is 1. The molecule has 0 aromatic carbocycles. The van der Waals surface area contributed by atoms with Gasteiger partial charge in [-0.1, -0.05) is 21.6 Å². The second kappa shape index (κ2) is 5.75. The number of hydrogen-bond donors (Lipinski definition) is 1. The molecule has 1 aliphatic rings. The van der Waals surface area contributed by atoms with Gasteiger partial charge in [0.2, 0.25) is 0 Å². The van der Waals surface area contributed by atoms with Crippen molar-refractivity contribution < 1.29 is 9.90 Å². The van der Waals surface area contributed by atoms with Crippen molar-refractivity contribution in [2.75, 3.05) is 5.75 Å². The zero-order valence-corrected chi connectivity index (χ0v) is 8.62. The Morgan fingerprint density at radius 3 is 3.00 bits per heavy atom. The third-order valence-electron chi connectivity index (χ3n) is 1.87. The third-order valence-corrected chi connectivity index (χ3v) is 4.93. The fraction of sp³-hybridized carbons (Fsp3) is 0.875. The summed E-state index contributed by atoms with van der Waals surface area (Å²) in [6.45, 7) is 0. The molecule has 0 spiro atoms. The van der Waals surface area contributed by atoms with E-state index < -0.39 is 5.97 Å². The van der Waals surface area contributed by atoms with Crippen LogP contribution in [-0.4, -0.2) is 22.1 Å². The minimum atomic E-state index is -0.663. The predicted octanol–water partition coefficient (Wildman–Crippen LogP) is 2.79. The molecule has 0 radical (unpaired) electrons. The fourth-order valence-corrected chi connectivity index (χ4v) is 4.13. The average Bonchev–Trinajstić information content (AvgIpc) is 2.05. The molecule has 0 aliphatic carbocycles. The molecule has 1 saturated heterocycles. The molecule has 0 aromatic heterocycles. The summed E-state index contributed by atoms with van der Waals surface area (Å²) in [5.41, 5.74) is 0. The van der Waals surface area contributed by atoms with E-state index >= 15 is 0 Å². The molecule has 0 saturated carbocycles. The van der Waals surface area contributed by atoms with Gasteiger partial charge in [-0.05, 0) is 25.7 Å². The van der Waals surface area contributed by atoms with Crippen LogP contribution in [-0.2, 0) is 4.79 Å². The topological polar surface area (TPSA) is 37.3 Å². The van der Waals surface area contributed by atoms with Crippen molar-refractivity contribution in [1.29, 1.82) is 0 Å². The number of carbonyl (C=O) groups is 1. The molecule has 1 heterocycles. The normalized spacial score (nSPS) is 23.8. The SMILES string of the molecule is O=C(O)CCCC1CCCSS1. The van der Waals surface area contributed by atoms with Crippen molar-refractivity contribution in [3.05, 3.63) is 0 Å². The van der Waals surface area contributed by atoms with E-state index in [1.807, 2.05) is 21.6 Å². The highest BCUT2D eigenvalue weighted by Gasteiger charge is 2.14. The molecule has 2 nitrogen and oxygen atoms in total. The molecule has 1 N–H and O–H groups in total. The van der Waals surface area contributed by atoms with Gasteiger partial charge in [0.15, 0.2) is 0 Å². The van der Waals surface area contributed by atoms with Crippen molar-refractivity contribution >= 4 is 27.6 Å². The van der Waals surface area contributed by atoms with E-state index in [2.05, 4.69) is 0 Å². The molecule has 1 fully saturated rings. The first-order chi connectivity index (χ1) is 5.79. The van der Waals surface area contributed by atoms with E-state index in [9.17, 15) is 4.79 Å². The van der Waals surface area contributed by atoms with Crippen LogP contribution < -0.4 is 0 Å². The van der Waals surface area contributed by atoms with Crippen LogP contribution in [0.2, 0.25) is 0 Å². The monoisotopic (exact) mass is 206 g/mol. The number of rotatable bonds is 4. The van der Waals surface area contributed by atoms with Crippen LogP contribution in [0.4, 0.5) is 0 Å². The van der Waals surface area contributed by atoms with E-state index in [4.69, 9.17) is 5.11 Å². The Hall–Kier alpha value is 0.170. The molecule has 4 heteroatoms. The maximum Gasteiger partial charge on any atom is 0.303 e. The summed E-state index contributed by atoms with van der Waals surface area (Å²) >= 11 is 0. The van der Waals surface area contributed by atoms with Gasteiger partial charge >= 0.3 is 5.97 Å². The second-order valence-electron chi connectivity index (χ2n) is 2.97. The molecule has 1 unspecified atom stereocenters. The fourth-order valence-electron chi connectivity index (χ4n) is 1.24. The molecule has 70 valence electrons. The molecule has 12 heavy (non-hydrogen) atoms. The van der Waals surface area contributed by atoms with Gasteiger partial charge in [0.1, 0.15) is 0 Å². The summed E-state index contributed by atoms with van der Waals surface area (Å²) in [5.74, 6) is 0.601. The Bertz CT molecular complexity index is 144. The first kappa shape index (κ1) is 10.3. The zero-order chi connectivity index (χ0) is 8.81. The molecule has 1 rings (SSSR count). The van der Waals surface area contributed by atoms with Gasteiger partial charge in [0.25, 0.3) is 0 Å². The van der Waals surface area contributed by atoms with E-state index in [0.717, 1.165) is 12.8 Å². The van der Waals surface area contributed by atoms with Crippen molar-refractivity contribution in [3.63, 3.8) is 0 Å². The highest BCUT2D eigenvalue weighted by molar-refractivity contribution is 8.77. The molecule has 0 aromatic rings. The molecule has 1 atom stereocenters. The first-order valence-electron chi connectivity index (χ1n) is 4.29. The molecule has 1 aliphatic heterocycles. The average molecular weight is 206 g/mol. The quantitative estimate of drug-likeness (QED) is 0.718. The van der Waals surface area contributed by atoms with E-state index in [-0.39, 0.29) is 0 Å².